The van der Waals surface area contributed by atoms with Gasteiger partial charge in [0.2, 0.25) is 0 Å². The number of thiophene rings is 1. The summed E-state index contributed by atoms with van der Waals surface area (Å²) in [4.78, 5) is 16.5. The highest BCUT2D eigenvalue weighted by molar-refractivity contribution is 7.15. The van der Waals surface area contributed by atoms with Crippen LogP contribution in [0.1, 0.15) is 20.8 Å². The van der Waals surface area contributed by atoms with Crippen molar-refractivity contribution in [3.05, 3.63) is 78.2 Å². The molecule has 0 bridgehead atoms. The van der Waals surface area contributed by atoms with E-state index >= 15 is 0 Å². The molecule has 0 saturated carbocycles. The summed E-state index contributed by atoms with van der Waals surface area (Å²) in [6.45, 7) is 6.00. The predicted molar refractivity (Wildman–Crippen MR) is 90.5 cm³/mol. The van der Waals surface area contributed by atoms with Crippen molar-refractivity contribution in [2.75, 3.05) is 0 Å². The van der Waals surface area contributed by atoms with E-state index in [4.69, 9.17) is 9.52 Å². The molecule has 1 N–H and O–H groups in total. The van der Waals surface area contributed by atoms with Crippen molar-refractivity contribution in [1.82, 2.24) is 4.98 Å². The number of carboxylic acids is 1. The van der Waals surface area contributed by atoms with Crippen LogP contribution in [0.15, 0.2) is 66.6 Å². The van der Waals surface area contributed by atoms with Gasteiger partial charge in [0, 0.05) is 5.56 Å². The second kappa shape index (κ2) is 7.78. The molecule has 1 aromatic carbocycles. The topological polar surface area (TPSA) is 63.3 Å². The number of rotatable bonds is 2. The van der Waals surface area contributed by atoms with Crippen molar-refractivity contribution in [3.8, 4) is 22.5 Å². The minimum absolute atomic E-state index is 0.254. The quantitative estimate of drug-likeness (QED) is 0.564. The minimum atomic E-state index is -0.940. The number of hydrogen-bond acceptors (Lipinski definition) is 4. The summed E-state index contributed by atoms with van der Waals surface area (Å²) < 4.78 is 5.23. The maximum atomic E-state index is 10.8. The third kappa shape index (κ3) is 4.19. The maximum Gasteiger partial charge on any atom is 0.335 e. The van der Waals surface area contributed by atoms with Gasteiger partial charge in [-0.15, -0.1) is 24.5 Å². The number of aromatic nitrogens is 1. The zero-order valence-electron chi connectivity index (χ0n) is 12.2. The van der Waals surface area contributed by atoms with Crippen molar-refractivity contribution < 1.29 is 14.3 Å². The summed E-state index contributed by atoms with van der Waals surface area (Å²) in [5.74, 6) is 5.84. The first-order valence-corrected chi connectivity index (χ1v) is 7.38. The molecule has 114 valence electrons. The molecule has 0 aliphatic heterocycles. The number of benzene rings is 1. The molecule has 5 heteroatoms. The van der Waals surface area contributed by atoms with Gasteiger partial charge in [0.1, 0.15) is 0 Å². The molecule has 0 radical (unpaired) electrons. The lowest BCUT2D eigenvalue weighted by Gasteiger charge is -1.93. The van der Waals surface area contributed by atoms with Crippen LogP contribution in [0.3, 0.4) is 0 Å². The number of nitrogens with zero attached hydrogens (tertiary/aromatic N) is 1. The molecular formula is C18H13NO3S. The molecule has 23 heavy (non-hydrogen) atoms. The monoisotopic (exact) mass is 323 g/mol. The third-order valence-electron chi connectivity index (χ3n) is 2.74. The van der Waals surface area contributed by atoms with Crippen LogP contribution in [-0.4, -0.2) is 16.1 Å². The van der Waals surface area contributed by atoms with E-state index in [0.29, 0.717) is 0 Å². The minimum Gasteiger partial charge on any atom is -0.478 e. The van der Waals surface area contributed by atoms with Crippen LogP contribution in [0.5, 0.6) is 0 Å². The van der Waals surface area contributed by atoms with E-state index in [1.54, 1.807) is 30.5 Å². The predicted octanol–water partition coefficient (Wildman–Crippen LogP) is 4.30. The highest BCUT2D eigenvalue weighted by Crippen LogP contribution is 2.27. The van der Waals surface area contributed by atoms with Gasteiger partial charge in [-0.1, -0.05) is 11.8 Å². The summed E-state index contributed by atoms with van der Waals surface area (Å²) in [6.07, 6.45) is 3.05. The number of hydrogen-bond donors (Lipinski definition) is 1. The van der Waals surface area contributed by atoms with E-state index in [0.717, 1.165) is 21.1 Å². The molecule has 0 unspecified atom stereocenters. The van der Waals surface area contributed by atoms with Crippen molar-refractivity contribution >= 4 is 17.3 Å². The molecule has 4 nitrogen and oxygen atoms in total. The van der Waals surface area contributed by atoms with Gasteiger partial charge >= 0.3 is 5.97 Å². The van der Waals surface area contributed by atoms with Gasteiger partial charge in [-0.2, -0.15) is 0 Å². The standard InChI is InChI=1S/C16H9NO3S.C2H4/c18-16(19)12-4-1-11(2-5-12)3-6-13-7-8-15(21-13)14-9-17-10-20-14;1-2/h1-2,4-5,7-10H,(H,18,19);1-2H2. The van der Waals surface area contributed by atoms with Gasteiger partial charge in [0.05, 0.1) is 21.5 Å². The Kier molecular flexibility index (Phi) is 5.50. The fourth-order valence-electron chi connectivity index (χ4n) is 1.70. The number of oxazole rings is 1. The van der Waals surface area contributed by atoms with Crippen LogP contribution in [0.25, 0.3) is 10.6 Å². The van der Waals surface area contributed by atoms with Crippen LogP contribution in [0, 0.1) is 11.8 Å². The van der Waals surface area contributed by atoms with Crippen LogP contribution in [0.4, 0.5) is 0 Å². The first kappa shape index (κ1) is 16.3. The largest absolute Gasteiger partial charge is 0.478 e. The van der Waals surface area contributed by atoms with Crippen molar-refractivity contribution in [2.24, 2.45) is 0 Å². The molecular weight excluding hydrogens is 310 g/mol. The Morgan fingerprint density at radius 1 is 1.13 bits per heavy atom. The molecule has 0 atom stereocenters. The summed E-state index contributed by atoms with van der Waals surface area (Å²) in [5.41, 5.74) is 1.03. The summed E-state index contributed by atoms with van der Waals surface area (Å²) in [7, 11) is 0. The molecule has 0 spiro atoms. The van der Waals surface area contributed by atoms with Gasteiger partial charge in [-0.05, 0) is 36.4 Å². The van der Waals surface area contributed by atoms with E-state index in [-0.39, 0.29) is 5.56 Å². The normalized spacial score (nSPS) is 9.22. The van der Waals surface area contributed by atoms with E-state index < -0.39 is 5.97 Å². The van der Waals surface area contributed by atoms with E-state index in [2.05, 4.69) is 30.0 Å². The average Bonchev–Trinajstić information content (AvgIpc) is 3.26. The SMILES string of the molecule is C=C.O=C(O)c1ccc(C#Cc2ccc(-c3cnco3)s2)cc1. The Bertz CT molecular complexity index is 837. The maximum absolute atomic E-state index is 10.8. The Hall–Kier alpha value is -3.10. The Morgan fingerprint density at radius 2 is 1.87 bits per heavy atom. The number of carboxylic acid groups (broad SMARTS) is 1. The molecule has 3 aromatic rings. The van der Waals surface area contributed by atoms with Crippen LogP contribution >= 0.6 is 11.3 Å². The molecule has 0 amide bonds. The van der Waals surface area contributed by atoms with Crippen molar-refractivity contribution in [2.45, 2.75) is 0 Å². The lowest BCUT2D eigenvalue weighted by Crippen LogP contribution is -1.94. The first-order chi connectivity index (χ1) is 11.2. The number of carbonyl (C=O) groups is 1. The Balaban J connectivity index is 0.000000924. The summed E-state index contributed by atoms with van der Waals surface area (Å²) >= 11 is 1.52. The second-order valence-electron chi connectivity index (χ2n) is 4.16. The van der Waals surface area contributed by atoms with Crippen LogP contribution in [0.2, 0.25) is 0 Å². The molecule has 2 heterocycles. The zero-order chi connectivity index (χ0) is 16.7. The van der Waals surface area contributed by atoms with Crippen molar-refractivity contribution in [3.63, 3.8) is 0 Å². The van der Waals surface area contributed by atoms with Gasteiger partial charge in [0.25, 0.3) is 0 Å². The van der Waals surface area contributed by atoms with Gasteiger partial charge in [-0.25, -0.2) is 9.78 Å². The fourth-order valence-corrected chi connectivity index (χ4v) is 2.52. The van der Waals surface area contributed by atoms with Gasteiger partial charge in [-0.3, -0.25) is 0 Å². The molecule has 0 saturated heterocycles. The molecule has 0 fully saturated rings. The van der Waals surface area contributed by atoms with Gasteiger partial charge in [0.15, 0.2) is 12.2 Å². The van der Waals surface area contributed by atoms with Gasteiger partial charge < -0.3 is 9.52 Å². The third-order valence-corrected chi connectivity index (χ3v) is 3.76. The second-order valence-corrected chi connectivity index (χ2v) is 5.25. The molecule has 0 aliphatic rings. The summed E-state index contributed by atoms with van der Waals surface area (Å²) in [6, 6.07) is 10.3. The Morgan fingerprint density at radius 3 is 2.48 bits per heavy atom. The van der Waals surface area contributed by atoms with E-state index in [1.165, 1.54) is 17.7 Å². The van der Waals surface area contributed by atoms with Crippen LogP contribution in [-0.2, 0) is 0 Å². The average molecular weight is 323 g/mol. The first-order valence-electron chi connectivity index (χ1n) is 6.56. The molecule has 0 aliphatic carbocycles. The van der Waals surface area contributed by atoms with E-state index in [1.807, 2.05) is 12.1 Å². The lowest BCUT2D eigenvalue weighted by atomic mass is 10.1. The van der Waals surface area contributed by atoms with Crippen LogP contribution < -0.4 is 0 Å². The summed E-state index contributed by atoms with van der Waals surface area (Å²) in [5, 5.41) is 8.83. The highest BCUT2D eigenvalue weighted by atomic mass is 32.1. The van der Waals surface area contributed by atoms with Crippen molar-refractivity contribution in [1.29, 1.82) is 0 Å². The fraction of sp³-hybridized carbons (Fsp3) is 0. The Labute approximate surface area is 137 Å². The highest BCUT2D eigenvalue weighted by Gasteiger charge is 2.04. The molecule has 2 aromatic heterocycles. The zero-order valence-corrected chi connectivity index (χ0v) is 13.0. The smallest absolute Gasteiger partial charge is 0.335 e. The van der Waals surface area contributed by atoms with E-state index in [9.17, 15) is 4.79 Å². The number of aromatic carboxylic acids is 1. The lowest BCUT2D eigenvalue weighted by molar-refractivity contribution is 0.0697. The molecule has 3 rings (SSSR count).